The first-order valence-electron chi connectivity index (χ1n) is 9.39. The van der Waals surface area contributed by atoms with Gasteiger partial charge in [-0.15, -0.1) is 11.3 Å². The van der Waals surface area contributed by atoms with E-state index in [1.54, 1.807) is 11.3 Å². The van der Waals surface area contributed by atoms with Gasteiger partial charge in [0.25, 0.3) is 5.91 Å². The zero-order valence-electron chi connectivity index (χ0n) is 15.5. The summed E-state index contributed by atoms with van der Waals surface area (Å²) in [5.41, 5.74) is 6.27. The monoisotopic (exact) mass is 385 g/mol. The van der Waals surface area contributed by atoms with Crippen LogP contribution in [0.4, 0.5) is 0 Å². The van der Waals surface area contributed by atoms with Gasteiger partial charge in [0.2, 0.25) is 0 Å². The van der Waals surface area contributed by atoms with Crippen LogP contribution in [0.3, 0.4) is 0 Å². The topological polar surface area (TPSA) is 54.9 Å². The van der Waals surface area contributed by atoms with E-state index in [-0.39, 0.29) is 11.9 Å². The zero-order chi connectivity index (χ0) is 19.1. The van der Waals surface area contributed by atoms with E-state index in [0.29, 0.717) is 5.56 Å². The fourth-order valence-electron chi connectivity index (χ4n) is 3.81. The number of nitrogens with one attached hydrogen (secondary N) is 1. The fourth-order valence-corrected chi connectivity index (χ4v) is 4.80. The van der Waals surface area contributed by atoms with Crippen molar-refractivity contribution >= 4 is 27.5 Å². The molecule has 2 aromatic carbocycles. The molecule has 2 aromatic heterocycles. The van der Waals surface area contributed by atoms with Crippen molar-refractivity contribution in [2.45, 2.75) is 25.8 Å². The van der Waals surface area contributed by atoms with Crippen LogP contribution in [0.1, 0.15) is 39.5 Å². The summed E-state index contributed by atoms with van der Waals surface area (Å²) in [6.07, 6.45) is 5.64. The van der Waals surface area contributed by atoms with Crippen molar-refractivity contribution in [3.63, 3.8) is 0 Å². The normalized spacial score (nSPS) is 15.5. The molecule has 1 N–H and O–H groups in total. The number of amides is 1. The number of carbonyl (C=O) groups is 1. The van der Waals surface area contributed by atoms with Crippen molar-refractivity contribution in [2.24, 2.45) is 0 Å². The lowest BCUT2D eigenvalue weighted by Crippen LogP contribution is -2.27. The lowest BCUT2D eigenvalue weighted by atomic mass is 10.1. The molecule has 1 aliphatic rings. The van der Waals surface area contributed by atoms with Crippen LogP contribution >= 0.6 is 11.3 Å². The predicted octanol–water partition coefficient (Wildman–Crippen LogP) is 5.08. The van der Waals surface area contributed by atoms with Gasteiger partial charge in [0.05, 0.1) is 16.3 Å². The van der Waals surface area contributed by atoms with Crippen molar-refractivity contribution < 1.29 is 4.79 Å². The molecule has 2 heterocycles. The molecule has 28 heavy (non-hydrogen) atoms. The molecule has 1 atom stereocenters. The van der Waals surface area contributed by atoms with Gasteiger partial charge in [-0.3, -0.25) is 9.78 Å². The first kappa shape index (κ1) is 17.1. The Bertz CT molecular complexity index is 1200. The minimum atomic E-state index is -0.0317. The molecular weight excluding hydrogens is 366 g/mol. The molecule has 4 nitrogen and oxygen atoms in total. The van der Waals surface area contributed by atoms with Gasteiger partial charge in [-0.05, 0) is 60.7 Å². The third-order valence-electron chi connectivity index (χ3n) is 5.21. The van der Waals surface area contributed by atoms with Gasteiger partial charge >= 0.3 is 0 Å². The van der Waals surface area contributed by atoms with Crippen molar-refractivity contribution in [2.75, 3.05) is 0 Å². The van der Waals surface area contributed by atoms with Crippen LogP contribution in [0, 0.1) is 6.92 Å². The second kappa shape index (κ2) is 6.84. The molecule has 1 unspecified atom stereocenters. The third-order valence-corrected chi connectivity index (χ3v) is 6.28. The Morgan fingerprint density at radius 2 is 2.04 bits per heavy atom. The average Bonchev–Trinajstić information content (AvgIpc) is 3.32. The highest BCUT2D eigenvalue weighted by atomic mass is 32.1. The summed E-state index contributed by atoms with van der Waals surface area (Å²) in [7, 11) is 0. The highest BCUT2D eigenvalue weighted by Gasteiger charge is 2.24. The molecule has 0 bridgehead atoms. The first-order valence-corrected chi connectivity index (χ1v) is 10.2. The standard InChI is InChI=1S/C23H19N3OS/c1-14-10-17(13-24-12-14)23-26-20-9-7-16(11-21(20)28-23)22(27)25-19-8-6-15-4-2-3-5-18(15)19/h2-5,7,9-13,19H,6,8H2,1H3,(H,25,27). The average molecular weight is 385 g/mol. The van der Waals surface area contributed by atoms with E-state index in [4.69, 9.17) is 4.98 Å². The number of nitrogens with zero attached hydrogens (tertiary/aromatic N) is 2. The number of hydrogen-bond acceptors (Lipinski definition) is 4. The number of fused-ring (bicyclic) bond motifs is 2. The maximum Gasteiger partial charge on any atom is 0.251 e. The smallest absolute Gasteiger partial charge is 0.251 e. The van der Waals surface area contributed by atoms with Gasteiger partial charge in [-0.2, -0.15) is 0 Å². The second-order valence-electron chi connectivity index (χ2n) is 7.22. The summed E-state index contributed by atoms with van der Waals surface area (Å²) < 4.78 is 1.01. The number of aromatic nitrogens is 2. The molecule has 1 aliphatic carbocycles. The Hall–Kier alpha value is -3.05. The van der Waals surface area contributed by atoms with E-state index in [1.165, 1.54) is 11.1 Å². The van der Waals surface area contributed by atoms with E-state index < -0.39 is 0 Å². The summed E-state index contributed by atoms with van der Waals surface area (Å²) >= 11 is 1.59. The highest BCUT2D eigenvalue weighted by molar-refractivity contribution is 7.21. The minimum absolute atomic E-state index is 0.0317. The third kappa shape index (κ3) is 3.08. The Labute approximate surface area is 167 Å². The van der Waals surface area contributed by atoms with E-state index in [2.05, 4.69) is 34.6 Å². The van der Waals surface area contributed by atoms with Crippen LogP contribution in [-0.4, -0.2) is 15.9 Å². The minimum Gasteiger partial charge on any atom is -0.345 e. The summed E-state index contributed by atoms with van der Waals surface area (Å²) in [5.74, 6) is -0.0317. The number of pyridine rings is 1. The lowest BCUT2D eigenvalue weighted by molar-refractivity contribution is 0.0937. The van der Waals surface area contributed by atoms with E-state index in [9.17, 15) is 4.79 Å². The number of hydrogen-bond donors (Lipinski definition) is 1. The maximum absolute atomic E-state index is 12.8. The molecule has 5 rings (SSSR count). The van der Waals surface area contributed by atoms with Crippen molar-refractivity contribution in [1.29, 1.82) is 0 Å². The Morgan fingerprint density at radius 1 is 1.14 bits per heavy atom. The van der Waals surface area contributed by atoms with Gasteiger partial charge < -0.3 is 5.32 Å². The molecule has 4 aromatic rings. The number of carbonyl (C=O) groups excluding carboxylic acids is 1. The van der Waals surface area contributed by atoms with Crippen LogP contribution in [0.25, 0.3) is 20.8 Å². The van der Waals surface area contributed by atoms with Crippen molar-refractivity contribution in [3.05, 3.63) is 83.2 Å². The molecule has 5 heteroatoms. The number of benzene rings is 2. The Balaban J connectivity index is 1.41. The van der Waals surface area contributed by atoms with Gasteiger partial charge in [0, 0.05) is 23.5 Å². The Kier molecular flexibility index (Phi) is 4.17. The summed E-state index contributed by atoms with van der Waals surface area (Å²) in [6.45, 7) is 2.02. The van der Waals surface area contributed by atoms with Crippen LogP contribution in [0.2, 0.25) is 0 Å². The largest absolute Gasteiger partial charge is 0.345 e. The molecule has 0 spiro atoms. The van der Waals surface area contributed by atoms with Gasteiger partial charge in [-0.1, -0.05) is 24.3 Å². The molecule has 0 aliphatic heterocycles. The summed E-state index contributed by atoms with van der Waals surface area (Å²) in [5, 5.41) is 4.12. The van der Waals surface area contributed by atoms with E-state index >= 15 is 0 Å². The molecule has 138 valence electrons. The Morgan fingerprint density at radius 3 is 2.93 bits per heavy atom. The zero-order valence-corrected chi connectivity index (χ0v) is 16.3. The quantitative estimate of drug-likeness (QED) is 0.535. The maximum atomic E-state index is 12.8. The van der Waals surface area contributed by atoms with Gasteiger partial charge in [0.1, 0.15) is 5.01 Å². The van der Waals surface area contributed by atoms with Crippen LogP contribution in [0.15, 0.2) is 60.9 Å². The molecule has 0 saturated carbocycles. The van der Waals surface area contributed by atoms with Gasteiger partial charge in [0.15, 0.2) is 0 Å². The van der Waals surface area contributed by atoms with Crippen LogP contribution in [-0.2, 0) is 6.42 Å². The number of aryl methyl sites for hydroxylation is 2. The van der Waals surface area contributed by atoms with E-state index in [0.717, 1.165) is 39.2 Å². The molecule has 0 fully saturated rings. The summed E-state index contributed by atoms with van der Waals surface area (Å²) in [6, 6.07) is 16.2. The van der Waals surface area contributed by atoms with Crippen LogP contribution < -0.4 is 5.32 Å². The predicted molar refractivity (Wildman–Crippen MR) is 113 cm³/mol. The molecular formula is C23H19N3OS. The highest BCUT2D eigenvalue weighted by Crippen LogP contribution is 2.32. The molecule has 0 saturated heterocycles. The molecule has 0 radical (unpaired) electrons. The van der Waals surface area contributed by atoms with Crippen molar-refractivity contribution in [3.8, 4) is 10.6 Å². The summed E-state index contributed by atoms with van der Waals surface area (Å²) in [4.78, 5) is 21.8. The van der Waals surface area contributed by atoms with E-state index in [1.807, 2.05) is 43.6 Å². The first-order chi connectivity index (χ1) is 13.7. The number of thiazole rings is 1. The van der Waals surface area contributed by atoms with Gasteiger partial charge in [-0.25, -0.2) is 4.98 Å². The number of rotatable bonds is 3. The fraction of sp³-hybridized carbons (Fsp3) is 0.174. The van der Waals surface area contributed by atoms with Crippen LogP contribution in [0.5, 0.6) is 0 Å². The molecule has 1 amide bonds. The second-order valence-corrected chi connectivity index (χ2v) is 8.25. The van der Waals surface area contributed by atoms with Crippen molar-refractivity contribution in [1.82, 2.24) is 15.3 Å². The SMILES string of the molecule is Cc1cncc(-c2nc3ccc(C(=O)NC4CCc5ccccc54)cc3s2)c1. The lowest BCUT2D eigenvalue weighted by Gasteiger charge is -2.14.